The number of phenolic OH excluding ortho intramolecular Hbond substituents is 1. The van der Waals surface area contributed by atoms with Gasteiger partial charge in [0.15, 0.2) is 0 Å². The van der Waals surface area contributed by atoms with Crippen LogP contribution in [-0.4, -0.2) is 17.4 Å². The van der Waals surface area contributed by atoms with Gasteiger partial charge in [0.25, 0.3) is 0 Å². The summed E-state index contributed by atoms with van der Waals surface area (Å²) in [4.78, 5) is 4.66. The SMILES string of the molecule is CC.CC/C=C\C=C(/C)C(=NC/C=C(\C)N)c1c(C)cc(C)cc1O. The van der Waals surface area contributed by atoms with Crippen LogP contribution in [-0.2, 0) is 0 Å². The highest BCUT2D eigenvalue weighted by Gasteiger charge is 2.14. The van der Waals surface area contributed by atoms with E-state index in [2.05, 4.69) is 24.1 Å². The molecule has 1 aromatic rings. The fraction of sp³-hybridized carbons (Fsp3) is 0.409. The molecule has 138 valence electrons. The van der Waals surface area contributed by atoms with Gasteiger partial charge >= 0.3 is 0 Å². The molecule has 0 heterocycles. The second kappa shape index (κ2) is 12.1. The van der Waals surface area contributed by atoms with Gasteiger partial charge in [0.1, 0.15) is 5.75 Å². The van der Waals surface area contributed by atoms with E-state index in [0.29, 0.717) is 6.54 Å². The average molecular weight is 343 g/mol. The van der Waals surface area contributed by atoms with E-state index >= 15 is 0 Å². The molecule has 3 N–H and O–H groups in total. The first kappa shape index (κ1) is 22.7. The standard InChI is InChI=1S/C20H28N2O.C2H6/c1-6-7-8-9-15(3)20(22-11-10-17(5)21)19-16(4)12-14(2)13-18(19)23;1-2/h7-10,12-13,23H,6,11,21H2,1-5H3;1-2H3/b8-7-,15-9+,17-10+,22-20?;. The molecule has 0 amide bonds. The van der Waals surface area contributed by atoms with Crippen LogP contribution in [0.2, 0.25) is 0 Å². The number of phenols is 1. The first-order valence-electron chi connectivity index (χ1n) is 8.97. The molecule has 0 aliphatic rings. The molecule has 25 heavy (non-hydrogen) atoms. The van der Waals surface area contributed by atoms with Gasteiger partial charge in [-0.2, -0.15) is 0 Å². The minimum atomic E-state index is 0.266. The summed E-state index contributed by atoms with van der Waals surface area (Å²) in [6.45, 7) is 14.4. The summed E-state index contributed by atoms with van der Waals surface area (Å²) >= 11 is 0. The number of aromatic hydroxyl groups is 1. The zero-order valence-electron chi connectivity index (χ0n) is 16.9. The molecular formula is C22H34N2O. The smallest absolute Gasteiger partial charge is 0.125 e. The Bertz CT molecular complexity index is 638. The Hall–Kier alpha value is -2.29. The number of aryl methyl sites for hydroxylation is 2. The average Bonchev–Trinajstić information content (AvgIpc) is 2.54. The lowest BCUT2D eigenvalue weighted by atomic mass is 9.95. The van der Waals surface area contributed by atoms with E-state index < -0.39 is 0 Å². The predicted octanol–water partition coefficient (Wildman–Crippen LogP) is 5.60. The van der Waals surface area contributed by atoms with E-state index in [9.17, 15) is 5.11 Å². The minimum Gasteiger partial charge on any atom is -0.507 e. The molecule has 0 spiro atoms. The van der Waals surface area contributed by atoms with Crippen LogP contribution in [0.5, 0.6) is 5.75 Å². The van der Waals surface area contributed by atoms with E-state index in [0.717, 1.165) is 40.1 Å². The normalized spacial score (nSPS) is 13.0. The number of rotatable bonds is 6. The maximum Gasteiger partial charge on any atom is 0.125 e. The highest BCUT2D eigenvalue weighted by molar-refractivity contribution is 6.15. The topological polar surface area (TPSA) is 58.6 Å². The van der Waals surface area contributed by atoms with Crippen LogP contribution in [0.3, 0.4) is 0 Å². The van der Waals surface area contributed by atoms with Crippen molar-refractivity contribution in [3.05, 3.63) is 64.4 Å². The summed E-state index contributed by atoms with van der Waals surface area (Å²) in [6, 6.07) is 3.83. The number of benzene rings is 1. The Morgan fingerprint density at radius 2 is 1.84 bits per heavy atom. The Morgan fingerprint density at radius 3 is 2.36 bits per heavy atom. The number of allylic oxidation sites excluding steroid dienone is 5. The largest absolute Gasteiger partial charge is 0.507 e. The first-order chi connectivity index (χ1) is 11.9. The molecule has 0 aliphatic carbocycles. The number of hydrogen-bond acceptors (Lipinski definition) is 3. The molecule has 0 aromatic heterocycles. The molecule has 0 bridgehead atoms. The summed E-state index contributed by atoms with van der Waals surface area (Å²) in [5.41, 5.74) is 11.1. The minimum absolute atomic E-state index is 0.266. The Labute approximate surface area is 153 Å². The van der Waals surface area contributed by atoms with Gasteiger partial charge in [-0.3, -0.25) is 4.99 Å². The first-order valence-corrected chi connectivity index (χ1v) is 8.97. The van der Waals surface area contributed by atoms with Crippen molar-refractivity contribution < 1.29 is 5.11 Å². The monoisotopic (exact) mass is 342 g/mol. The molecule has 0 saturated heterocycles. The van der Waals surface area contributed by atoms with Crippen molar-refractivity contribution in [3.63, 3.8) is 0 Å². The van der Waals surface area contributed by atoms with Crippen molar-refractivity contribution in [1.29, 1.82) is 0 Å². The van der Waals surface area contributed by atoms with Gasteiger partial charge < -0.3 is 10.8 Å². The van der Waals surface area contributed by atoms with Crippen LogP contribution in [0.15, 0.2) is 52.7 Å². The second-order valence-corrected chi connectivity index (χ2v) is 5.80. The van der Waals surface area contributed by atoms with Crippen LogP contribution in [0.4, 0.5) is 0 Å². The van der Waals surface area contributed by atoms with Gasteiger partial charge in [-0.25, -0.2) is 0 Å². The zero-order chi connectivity index (χ0) is 19.4. The van der Waals surface area contributed by atoms with Gasteiger partial charge in [0, 0.05) is 11.3 Å². The molecule has 0 saturated carbocycles. The summed E-state index contributed by atoms with van der Waals surface area (Å²) in [5.74, 6) is 0.266. The summed E-state index contributed by atoms with van der Waals surface area (Å²) in [7, 11) is 0. The molecule has 0 atom stereocenters. The quantitative estimate of drug-likeness (QED) is 0.522. The fourth-order valence-corrected chi connectivity index (χ4v) is 2.36. The molecule has 1 aromatic carbocycles. The van der Waals surface area contributed by atoms with Crippen LogP contribution in [0.25, 0.3) is 0 Å². The highest BCUT2D eigenvalue weighted by atomic mass is 16.3. The van der Waals surface area contributed by atoms with Crippen molar-refractivity contribution in [2.45, 2.75) is 54.9 Å². The van der Waals surface area contributed by atoms with Gasteiger partial charge in [-0.05, 0) is 63.0 Å². The highest BCUT2D eigenvalue weighted by Crippen LogP contribution is 2.26. The van der Waals surface area contributed by atoms with Crippen LogP contribution in [0, 0.1) is 13.8 Å². The van der Waals surface area contributed by atoms with Gasteiger partial charge in [0.2, 0.25) is 0 Å². The van der Waals surface area contributed by atoms with Crippen molar-refractivity contribution in [1.82, 2.24) is 0 Å². The summed E-state index contributed by atoms with van der Waals surface area (Å²) in [5, 5.41) is 10.4. The Balaban J connectivity index is 0.00000277. The summed E-state index contributed by atoms with van der Waals surface area (Å²) < 4.78 is 0. The lowest BCUT2D eigenvalue weighted by molar-refractivity contribution is 0.473. The number of nitrogens with two attached hydrogens (primary N) is 1. The maximum absolute atomic E-state index is 10.4. The maximum atomic E-state index is 10.4. The lowest BCUT2D eigenvalue weighted by Gasteiger charge is -2.13. The van der Waals surface area contributed by atoms with Gasteiger partial charge in [-0.1, -0.05) is 45.1 Å². The Morgan fingerprint density at radius 1 is 1.20 bits per heavy atom. The van der Waals surface area contributed by atoms with Crippen LogP contribution in [0.1, 0.15) is 57.7 Å². The lowest BCUT2D eigenvalue weighted by Crippen LogP contribution is -2.07. The van der Waals surface area contributed by atoms with Crippen molar-refractivity contribution in [3.8, 4) is 5.75 Å². The van der Waals surface area contributed by atoms with E-state index in [1.54, 1.807) is 6.07 Å². The third-order valence-corrected chi connectivity index (χ3v) is 3.45. The van der Waals surface area contributed by atoms with Gasteiger partial charge in [0.05, 0.1) is 12.3 Å². The van der Waals surface area contributed by atoms with E-state index in [-0.39, 0.29) is 5.75 Å². The van der Waals surface area contributed by atoms with E-state index in [4.69, 9.17) is 5.73 Å². The zero-order valence-corrected chi connectivity index (χ0v) is 16.9. The number of hydrogen-bond donors (Lipinski definition) is 2. The molecule has 3 heteroatoms. The van der Waals surface area contributed by atoms with Crippen molar-refractivity contribution >= 4 is 5.71 Å². The number of aliphatic imine (C=N–C) groups is 1. The third kappa shape index (κ3) is 7.88. The van der Waals surface area contributed by atoms with Crippen molar-refractivity contribution in [2.24, 2.45) is 10.7 Å². The predicted molar refractivity (Wildman–Crippen MR) is 111 cm³/mol. The Kier molecular flexibility index (Phi) is 11.0. The van der Waals surface area contributed by atoms with Crippen molar-refractivity contribution in [2.75, 3.05) is 6.54 Å². The van der Waals surface area contributed by atoms with Gasteiger partial charge in [-0.15, -0.1) is 0 Å². The molecule has 0 fully saturated rings. The third-order valence-electron chi connectivity index (χ3n) is 3.45. The van der Waals surface area contributed by atoms with Crippen LogP contribution >= 0.6 is 0 Å². The summed E-state index contributed by atoms with van der Waals surface area (Å²) in [6.07, 6.45) is 9.00. The fourth-order valence-electron chi connectivity index (χ4n) is 2.36. The molecular weight excluding hydrogens is 308 g/mol. The molecule has 0 radical (unpaired) electrons. The molecule has 1 rings (SSSR count). The van der Waals surface area contributed by atoms with E-state index in [1.165, 1.54) is 0 Å². The molecule has 0 unspecified atom stereocenters. The second-order valence-electron chi connectivity index (χ2n) is 5.80. The molecule has 3 nitrogen and oxygen atoms in total. The van der Waals surface area contributed by atoms with Crippen LogP contribution < -0.4 is 5.73 Å². The van der Waals surface area contributed by atoms with E-state index in [1.807, 2.05) is 59.8 Å². The molecule has 0 aliphatic heterocycles. The number of nitrogens with zero attached hydrogens (tertiary/aromatic N) is 1.